The molecule has 0 atom stereocenters. The van der Waals surface area contributed by atoms with Crippen molar-refractivity contribution in [3.8, 4) is 11.6 Å². The van der Waals surface area contributed by atoms with E-state index in [-0.39, 0.29) is 11.7 Å². The Morgan fingerprint density at radius 2 is 2.14 bits per heavy atom. The Kier molecular flexibility index (Phi) is 1.96. The van der Waals surface area contributed by atoms with E-state index in [0.717, 1.165) is 0 Å². The van der Waals surface area contributed by atoms with Crippen LogP contribution in [0.25, 0.3) is 10.8 Å². The van der Waals surface area contributed by atoms with Crippen LogP contribution in [0.1, 0.15) is 0 Å². The van der Waals surface area contributed by atoms with Crippen LogP contribution in [0.5, 0.6) is 11.6 Å². The number of nitrogens with zero attached hydrogens (tertiary/aromatic N) is 1. The molecule has 1 N–H and O–H groups in total. The van der Waals surface area contributed by atoms with Crippen molar-refractivity contribution in [2.24, 2.45) is 0 Å². The maximum atomic E-state index is 12.9. The van der Waals surface area contributed by atoms with Gasteiger partial charge in [0.1, 0.15) is 11.6 Å². The summed E-state index contributed by atoms with van der Waals surface area (Å²) in [4.78, 5) is 3.72. The number of benzene rings is 1. The molecule has 0 radical (unpaired) electrons. The molecule has 0 fully saturated rings. The highest BCUT2D eigenvalue weighted by molar-refractivity contribution is 5.91. The first-order valence-corrected chi connectivity index (χ1v) is 4.03. The van der Waals surface area contributed by atoms with Gasteiger partial charge >= 0.3 is 0 Å². The van der Waals surface area contributed by atoms with Crippen LogP contribution in [-0.2, 0) is 0 Å². The highest BCUT2D eigenvalue weighted by Crippen LogP contribution is 2.30. The first-order chi connectivity index (χ1) is 6.72. The summed E-state index contributed by atoms with van der Waals surface area (Å²) in [5.41, 5.74) is 0. The van der Waals surface area contributed by atoms with Gasteiger partial charge in [-0.25, -0.2) is 9.37 Å². The molecule has 0 saturated carbocycles. The Morgan fingerprint density at radius 1 is 1.36 bits per heavy atom. The number of halogens is 1. The average Bonchev–Trinajstić information content (AvgIpc) is 2.18. The molecule has 0 aliphatic rings. The molecule has 0 aliphatic heterocycles. The summed E-state index contributed by atoms with van der Waals surface area (Å²) in [6.45, 7) is 0. The molecule has 1 aromatic carbocycles. The minimum atomic E-state index is -0.374. The van der Waals surface area contributed by atoms with Gasteiger partial charge in [-0.1, -0.05) is 0 Å². The summed E-state index contributed by atoms with van der Waals surface area (Å²) >= 11 is 0. The molecule has 0 spiro atoms. The quantitative estimate of drug-likeness (QED) is 0.754. The van der Waals surface area contributed by atoms with Crippen molar-refractivity contribution in [1.82, 2.24) is 4.98 Å². The van der Waals surface area contributed by atoms with E-state index in [4.69, 9.17) is 4.74 Å². The summed E-state index contributed by atoms with van der Waals surface area (Å²) in [5.74, 6) is -0.0560. The Hall–Kier alpha value is -1.84. The van der Waals surface area contributed by atoms with Gasteiger partial charge in [-0.3, -0.25) is 0 Å². The van der Waals surface area contributed by atoms with Crippen LogP contribution in [0, 0.1) is 5.82 Å². The van der Waals surface area contributed by atoms with Gasteiger partial charge in [0.05, 0.1) is 13.3 Å². The lowest BCUT2D eigenvalue weighted by Crippen LogP contribution is -1.88. The SMILES string of the molecule is COc1cnc(O)c2ccc(F)cc12. The highest BCUT2D eigenvalue weighted by atomic mass is 19.1. The fraction of sp³-hybridized carbons (Fsp3) is 0.100. The van der Waals surface area contributed by atoms with E-state index in [1.54, 1.807) is 0 Å². The zero-order valence-corrected chi connectivity index (χ0v) is 7.49. The third-order valence-corrected chi connectivity index (χ3v) is 2.01. The number of fused-ring (bicyclic) bond motifs is 1. The van der Waals surface area contributed by atoms with E-state index < -0.39 is 0 Å². The van der Waals surface area contributed by atoms with Gasteiger partial charge < -0.3 is 9.84 Å². The van der Waals surface area contributed by atoms with Gasteiger partial charge in [0, 0.05) is 10.8 Å². The lowest BCUT2D eigenvalue weighted by atomic mass is 10.1. The minimum Gasteiger partial charge on any atom is -0.494 e. The van der Waals surface area contributed by atoms with Crippen LogP contribution in [0.4, 0.5) is 4.39 Å². The third-order valence-electron chi connectivity index (χ3n) is 2.01. The summed E-state index contributed by atoms with van der Waals surface area (Å²) in [7, 11) is 1.47. The third kappa shape index (κ3) is 1.25. The summed E-state index contributed by atoms with van der Waals surface area (Å²) in [5, 5.41) is 10.4. The van der Waals surface area contributed by atoms with Crippen molar-refractivity contribution >= 4 is 10.8 Å². The molecule has 2 aromatic rings. The standard InChI is InChI=1S/C10H8FNO2/c1-14-9-5-12-10(13)7-3-2-6(11)4-8(7)9/h2-5H,1H3,(H,12,13). The average molecular weight is 193 g/mol. The molecule has 0 bridgehead atoms. The number of rotatable bonds is 1. The zero-order valence-electron chi connectivity index (χ0n) is 7.49. The fourth-order valence-electron chi connectivity index (χ4n) is 1.34. The van der Waals surface area contributed by atoms with Crippen LogP contribution in [0.3, 0.4) is 0 Å². The molecule has 0 aliphatic carbocycles. The van der Waals surface area contributed by atoms with E-state index in [1.807, 2.05) is 0 Å². The van der Waals surface area contributed by atoms with Gasteiger partial charge in [0.25, 0.3) is 0 Å². The number of hydrogen-bond acceptors (Lipinski definition) is 3. The number of hydrogen-bond donors (Lipinski definition) is 1. The second-order valence-electron chi connectivity index (χ2n) is 2.84. The molecule has 72 valence electrons. The molecule has 0 amide bonds. The highest BCUT2D eigenvalue weighted by Gasteiger charge is 2.07. The van der Waals surface area contributed by atoms with Gasteiger partial charge in [0.2, 0.25) is 5.88 Å². The Labute approximate surface area is 79.8 Å². The number of aromatic hydroxyl groups is 1. The molecule has 2 rings (SSSR count). The van der Waals surface area contributed by atoms with Crippen molar-refractivity contribution in [2.75, 3.05) is 7.11 Å². The second kappa shape index (κ2) is 3.14. The molecular formula is C10H8FNO2. The predicted molar refractivity (Wildman–Crippen MR) is 49.9 cm³/mol. The predicted octanol–water partition coefficient (Wildman–Crippen LogP) is 2.09. The largest absolute Gasteiger partial charge is 0.494 e. The van der Waals surface area contributed by atoms with Crippen LogP contribution < -0.4 is 4.74 Å². The van der Waals surface area contributed by atoms with Crippen LogP contribution in [0.2, 0.25) is 0 Å². The van der Waals surface area contributed by atoms with Gasteiger partial charge in [-0.15, -0.1) is 0 Å². The van der Waals surface area contributed by atoms with Crippen molar-refractivity contribution in [1.29, 1.82) is 0 Å². The molecule has 1 aromatic heterocycles. The summed E-state index contributed by atoms with van der Waals surface area (Å²) < 4.78 is 17.9. The molecule has 1 heterocycles. The summed E-state index contributed by atoms with van der Waals surface area (Å²) in [6, 6.07) is 4.04. The smallest absolute Gasteiger partial charge is 0.219 e. The van der Waals surface area contributed by atoms with Gasteiger partial charge in [0.15, 0.2) is 0 Å². The Morgan fingerprint density at radius 3 is 2.86 bits per heavy atom. The topological polar surface area (TPSA) is 42.4 Å². The van der Waals surface area contributed by atoms with Crippen LogP contribution >= 0.6 is 0 Å². The summed E-state index contributed by atoms with van der Waals surface area (Å²) in [6.07, 6.45) is 1.36. The Balaban J connectivity index is 2.85. The second-order valence-corrected chi connectivity index (χ2v) is 2.84. The van der Waals surface area contributed by atoms with E-state index in [1.165, 1.54) is 31.5 Å². The van der Waals surface area contributed by atoms with E-state index in [2.05, 4.69) is 4.98 Å². The van der Waals surface area contributed by atoms with E-state index >= 15 is 0 Å². The first-order valence-electron chi connectivity index (χ1n) is 4.03. The van der Waals surface area contributed by atoms with E-state index in [9.17, 15) is 9.50 Å². The number of aromatic nitrogens is 1. The van der Waals surface area contributed by atoms with Crippen molar-refractivity contribution in [2.45, 2.75) is 0 Å². The normalized spacial score (nSPS) is 10.4. The van der Waals surface area contributed by atoms with Crippen molar-refractivity contribution in [3.05, 3.63) is 30.2 Å². The molecule has 4 heteroatoms. The fourth-order valence-corrected chi connectivity index (χ4v) is 1.34. The monoisotopic (exact) mass is 193 g/mol. The van der Waals surface area contributed by atoms with Crippen molar-refractivity contribution in [3.63, 3.8) is 0 Å². The number of ether oxygens (including phenoxy) is 1. The molecular weight excluding hydrogens is 185 g/mol. The molecule has 0 unspecified atom stereocenters. The first kappa shape index (κ1) is 8.74. The van der Waals surface area contributed by atoms with Crippen molar-refractivity contribution < 1.29 is 14.2 Å². The lowest BCUT2D eigenvalue weighted by Gasteiger charge is -2.05. The van der Waals surface area contributed by atoms with Gasteiger partial charge in [-0.2, -0.15) is 0 Å². The molecule has 3 nitrogen and oxygen atoms in total. The lowest BCUT2D eigenvalue weighted by molar-refractivity contribution is 0.413. The van der Waals surface area contributed by atoms with Crippen LogP contribution in [-0.4, -0.2) is 17.2 Å². The van der Waals surface area contributed by atoms with Gasteiger partial charge in [-0.05, 0) is 18.2 Å². The van der Waals surface area contributed by atoms with Crippen LogP contribution in [0.15, 0.2) is 24.4 Å². The number of methoxy groups -OCH3 is 1. The maximum Gasteiger partial charge on any atom is 0.219 e. The maximum absolute atomic E-state index is 12.9. The molecule has 0 saturated heterocycles. The van der Waals surface area contributed by atoms with E-state index in [0.29, 0.717) is 16.5 Å². The minimum absolute atomic E-state index is 0.124. The Bertz CT molecular complexity index is 485. The number of pyridine rings is 1. The zero-order chi connectivity index (χ0) is 10.1. The molecule has 14 heavy (non-hydrogen) atoms.